The topological polar surface area (TPSA) is 34.1 Å². The number of Topliss-reactive ketones (excluding diaryl/α,β-unsaturated/α-hetero) is 2. The highest BCUT2D eigenvalue weighted by Crippen LogP contribution is 2.13. The molecular formula is C9H16O2. The number of carbonyl (C=O) groups is 2. The molecule has 11 heavy (non-hydrogen) atoms. The summed E-state index contributed by atoms with van der Waals surface area (Å²) >= 11 is 0. The van der Waals surface area contributed by atoms with Crippen LogP contribution in [0.2, 0.25) is 0 Å². The molecule has 0 fully saturated rings. The molecule has 0 bridgehead atoms. The first-order chi connectivity index (χ1) is 5.06. The highest BCUT2D eigenvalue weighted by atomic mass is 16.1. The third-order valence-electron chi connectivity index (χ3n) is 1.73. The van der Waals surface area contributed by atoms with Gasteiger partial charge in [0.15, 0.2) is 0 Å². The van der Waals surface area contributed by atoms with E-state index in [-0.39, 0.29) is 17.5 Å². The van der Waals surface area contributed by atoms with E-state index in [9.17, 15) is 9.59 Å². The molecular weight excluding hydrogens is 140 g/mol. The Morgan fingerprint density at radius 3 is 1.64 bits per heavy atom. The van der Waals surface area contributed by atoms with Gasteiger partial charge in [0.1, 0.15) is 11.6 Å². The van der Waals surface area contributed by atoms with E-state index in [0.29, 0.717) is 12.8 Å². The van der Waals surface area contributed by atoms with Gasteiger partial charge in [0.2, 0.25) is 0 Å². The van der Waals surface area contributed by atoms with E-state index in [1.54, 1.807) is 13.8 Å². The molecule has 0 aromatic carbocycles. The van der Waals surface area contributed by atoms with Gasteiger partial charge in [-0.3, -0.25) is 0 Å². The molecule has 2 nitrogen and oxygen atoms in total. The molecule has 0 saturated carbocycles. The molecule has 0 aliphatic rings. The van der Waals surface area contributed by atoms with Gasteiger partial charge in [-0.25, -0.2) is 0 Å². The van der Waals surface area contributed by atoms with Crippen LogP contribution in [0.15, 0.2) is 0 Å². The first kappa shape index (κ1) is 10.3. The second kappa shape index (κ2) is 5.05. The fourth-order valence-electron chi connectivity index (χ4n) is 1.17. The van der Waals surface area contributed by atoms with Gasteiger partial charge in [-0.15, -0.1) is 0 Å². The van der Waals surface area contributed by atoms with Gasteiger partial charge in [0.05, 0.1) is 0 Å². The fraction of sp³-hybridized carbons (Fsp3) is 0.778. The Bertz CT molecular complexity index is 134. The van der Waals surface area contributed by atoms with Crippen LogP contribution in [0.3, 0.4) is 0 Å². The lowest BCUT2D eigenvalue weighted by molar-refractivity contribution is -0.119. The van der Waals surface area contributed by atoms with Gasteiger partial charge >= 0.3 is 0 Å². The SMILES string of the molecule is CCC(CC(C)=O)CC(C)=O. The van der Waals surface area contributed by atoms with Crippen LogP contribution in [0.5, 0.6) is 0 Å². The summed E-state index contributed by atoms with van der Waals surface area (Å²) in [6.45, 7) is 5.15. The summed E-state index contributed by atoms with van der Waals surface area (Å²) in [6.07, 6.45) is 2.02. The zero-order valence-corrected chi connectivity index (χ0v) is 7.52. The van der Waals surface area contributed by atoms with Crippen LogP contribution in [-0.2, 0) is 9.59 Å². The van der Waals surface area contributed by atoms with E-state index in [2.05, 4.69) is 0 Å². The summed E-state index contributed by atoms with van der Waals surface area (Å²) in [6, 6.07) is 0. The van der Waals surface area contributed by atoms with E-state index in [4.69, 9.17) is 0 Å². The Labute approximate surface area is 68.0 Å². The summed E-state index contributed by atoms with van der Waals surface area (Å²) in [5.41, 5.74) is 0. The Morgan fingerprint density at radius 1 is 1.09 bits per heavy atom. The molecule has 0 amide bonds. The number of carbonyl (C=O) groups excluding carboxylic acids is 2. The lowest BCUT2D eigenvalue weighted by atomic mass is 9.95. The average molecular weight is 156 g/mol. The number of hydrogen-bond acceptors (Lipinski definition) is 2. The van der Waals surface area contributed by atoms with E-state index in [1.165, 1.54) is 0 Å². The van der Waals surface area contributed by atoms with Crippen LogP contribution in [0.25, 0.3) is 0 Å². The van der Waals surface area contributed by atoms with Gasteiger partial charge in [-0.1, -0.05) is 13.3 Å². The Kier molecular flexibility index (Phi) is 4.75. The quantitative estimate of drug-likeness (QED) is 0.609. The molecule has 0 radical (unpaired) electrons. The maximum absolute atomic E-state index is 10.7. The third kappa shape index (κ3) is 5.77. The van der Waals surface area contributed by atoms with Gasteiger partial charge in [-0.05, 0) is 19.8 Å². The van der Waals surface area contributed by atoms with Crippen LogP contribution >= 0.6 is 0 Å². The molecule has 0 N–H and O–H groups in total. The molecule has 0 saturated heterocycles. The zero-order valence-electron chi connectivity index (χ0n) is 7.52. The van der Waals surface area contributed by atoms with Gasteiger partial charge in [0, 0.05) is 12.8 Å². The van der Waals surface area contributed by atoms with Crippen LogP contribution in [0.1, 0.15) is 40.0 Å². The summed E-state index contributed by atoms with van der Waals surface area (Å²) < 4.78 is 0. The van der Waals surface area contributed by atoms with Crippen molar-refractivity contribution in [3.63, 3.8) is 0 Å². The van der Waals surface area contributed by atoms with Crippen molar-refractivity contribution in [1.82, 2.24) is 0 Å². The van der Waals surface area contributed by atoms with Crippen molar-refractivity contribution in [3.8, 4) is 0 Å². The molecule has 0 heterocycles. The standard InChI is InChI=1S/C9H16O2/c1-4-9(5-7(2)10)6-8(3)11/h9H,4-6H2,1-3H3. The van der Waals surface area contributed by atoms with Crippen molar-refractivity contribution in [2.45, 2.75) is 40.0 Å². The fourth-order valence-corrected chi connectivity index (χ4v) is 1.17. The maximum Gasteiger partial charge on any atom is 0.130 e. The lowest BCUT2D eigenvalue weighted by Gasteiger charge is -2.09. The van der Waals surface area contributed by atoms with Crippen LogP contribution < -0.4 is 0 Å². The highest BCUT2D eigenvalue weighted by molar-refractivity contribution is 5.78. The minimum absolute atomic E-state index is 0.179. The highest BCUT2D eigenvalue weighted by Gasteiger charge is 2.10. The zero-order chi connectivity index (χ0) is 8.85. The predicted octanol–water partition coefficient (Wildman–Crippen LogP) is 1.97. The van der Waals surface area contributed by atoms with Crippen molar-refractivity contribution in [1.29, 1.82) is 0 Å². The summed E-state index contributed by atoms with van der Waals surface area (Å²) in [5.74, 6) is 0.626. The maximum atomic E-state index is 10.7. The van der Waals surface area contributed by atoms with Crippen molar-refractivity contribution in [2.24, 2.45) is 5.92 Å². The molecule has 0 atom stereocenters. The third-order valence-corrected chi connectivity index (χ3v) is 1.73. The average Bonchev–Trinajstić information content (AvgIpc) is 1.84. The van der Waals surface area contributed by atoms with Crippen molar-refractivity contribution in [3.05, 3.63) is 0 Å². The summed E-state index contributed by atoms with van der Waals surface area (Å²) in [4.78, 5) is 21.4. The van der Waals surface area contributed by atoms with E-state index in [0.717, 1.165) is 6.42 Å². The van der Waals surface area contributed by atoms with Gasteiger partial charge < -0.3 is 9.59 Å². The van der Waals surface area contributed by atoms with E-state index in [1.807, 2.05) is 6.92 Å². The minimum Gasteiger partial charge on any atom is -0.300 e. The van der Waals surface area contributed by atoms with Crippen molar-refractivity contribution < 1.29 is 9.59 Å². The summed E-state index contributed by atoms with van der Waals surface area (Å²) in [5, 5.41) is 0. The van der Waals surface area contributed by atoms with Gasteiger partial charge in [0.25, 0.3) is 0 Å². The molecule has 0 aromatic rings. The van der Waals surface area contributed by atoms with Crippen LogP contribution in [0, 0.1) is 5.92 Å². The van der Waals surface area contributed by atoms with E-state index < -0.39 is 0 Å². The molecule has 0 unspecified atom stereocenters. The van der Waals surface area contributed by atoms with E-state index >= 15 is 0 Å². The first-order valence-electron chi connectivity index (χ1n) is 4.05. The normalized spacial score (nSPS) is 10.2. The smallest absolute Gasteiger partial charge is 0.130 e. The second-order valence-corrected chi connectivity index (χ2v) is 3.09. The Balaban J connectivity index is 3.76. The molecule has 64 valence electrons. The van der Waals surface area contributed by atoms with Crippen molar-refractivity contribution in [2.75, 3.05) is 0 Å². The Morgan fingerprint density at radius 2 is 1.45 bits per heavy atom. The number of rotatable bonds is 5. The molecule has 2 heteroatoms. The molecule has 0 aliphatic heterocycles. The minimum atomic E-state index is 0.179. The number of ketones is 2. The number of hydrogen-bond donors (Lipinski definition) is 0. The predicted molar refractivity (Wildman–Crippen MR) is 44.4 cm³/mol. The lowest BCUT2D eigenvalue weighted by Crippen LogP contribution is -2.08. The Hall–Kier alpha value is -0.660. The first-order valence-corrected chi connectivity index (χ1v) is 4.05. The molecule has 0 aliphatic carbocycles. The largest absolute Gasteiger partial charge is 0.300 e. The molecule has 0 spiro atoms. The van der Waals surface area contributed by atoms with Crippen molar-refractivity contribution >= 4 is 11.6 Å². The van der Waals surface area contributed by atoms with Crippen LogP contribution in [0.4, 0.5) is 0 Å². The second-order valence-electron chi connectivity index (χ2n) is 3.09. The molecule has 0 rings (SSSR count). The summed E-state index contributed by atoms with van der Waals surface area (Å²) in [7, 11) is 0. The van der Waals surface area contributed by atoms with Gasteiger partial charge in [-0.2, -0.15) is 0 Å². The van der Waals surface area contributed by atoms with Crippen LogP contribution in [-0.4, -0.2) is 11.6 Å². The molecule has 0 aromatic heterocycles. The monoisotopic (exact) mass is 156 g/mol.